The molecule has 5 nitrogen and oxygen atoms in total. The maximum atomic E-state index is 12.1. The molecule has 1 aromatic carbocycles. The van der Waals surface area contributed by atoms with Gasteiger partial charge in [0, 0.05) is 18.2 Å². The highest BCUT2D eigenvalue weighted by molar-refractivity contribution is 5.31. The zero-order valence-corrected chi connectivity index (χ0v) is 15.6. The number of nitrogens with zero attached hydrogens (tertiary/aromatic N) is 2. The maximum absolute atomic E-state index is 12.1. The average Bonchev–Trinajstić information content (AvgIpc) is 2.58. The molecule has 0 saturated heterocycles. The third kappa shape index (κ3) is 5.62. The fourth-order valence-electron chi connectivity index (χ4n) is 2.76. The van der Waals surface area contributed by atoms with Gasteiger partial charge in [0.2, 0.25) is 0 Å². The lowest BCUT2D eigenvalue weighted by Gasteiger charge is -2.15. The third-order valence-corrected chi connectivity index (χ3v) is 3.97. The molecular formula is C20H28N2O3. The molecule has 1 unspecified atom stereocenters. The van der Waals surface area contributed by atoms with Crippen LogP contribution in [0.5, 0.6) is 11.5 Å². The van der Waals surface area contributed by atoms with Gasteiger partial charge in [-0.15, -0.1) is 0 Å². The summed E-state index contributed by atoms with van der Waals surface area (Å²) in [6.07, 6.45) is 3.08. The number of ether oxygens (including phenoxy) is 2. The van der Waals surface area contributed by atoms with E-state index in [0.29, 0.717) is 13.2 Å². The molecule has 1 heterocycles. The molecule has 0 N–H and O–H groups in total. The van der Waals surface area contributed by atoms with Crippen molar-refractivity contribution in [3.05, 3.63) is 52.2 Å². The van der Waals surface area contributed by atoms with E-state index in [1.54, 1.807) is 10.6 Å². The molecule has 2 rings (SSSR count). The van der Waals surface area contributed by atoms with Crippen molar-refractivity contribution in [3.63, 3.8) is 0 Å². The number of benzene rings is 1. The molecule has 0 bridgehead atoms. The molecule has 0 spiro atoms. The highest BCUT2D eigenvalue weighted by Gasteiger charge is 2.06. The normalized spacial score (nSPS) is 12.0. The molecule has 25 heavy (non-hydrogen) atoms. The second kappa shape index (κ2) is 9.25. The van der Waals surface area contributed by atoms with Crippen molar-refractivity contribution in [1.82, 2.24) is 9.55 Å². The summed E-state index contributed by atoms with van der Waals surface area (Å²) >= 11 is 0. The average molecular weight is 344 g/mol. The zero-order valence-electron chi connectivity index (χ0n) is 15.6. The Morgan fingerprint density at radius 1 is 1.16 bits per heavy atom. The van der Waals surface area contributed by atoms with Gasteiger partial charge in [0.05, 0.1) is 12.6 Å². The van der Waals surface area contributed by atoms with Gasteiger partial charge in [-0.1, -0.05) is 20.3 Å². The van der Waals surface area contributed by atoms with E-state index in [2.05, 4.69) is 18.8 Å². The Morgan fingerprint density at radius 3 is 2.48 bits per heavy atom. The molecule has 0 amide bonds. The smallest absolute Gasteiger partial charge is 0.253 e. The van der Waals surface area contributed by atoms with Crippen LogP contribution in [0.2, 0.25) is 0 Å². The first kappa shape index (κ1) is 19.0. The molecule has 0 fully saturated rings. The predicted octanol–water partition coefficient (Wildman–Crippen LogP) is 3.76. The lowest BCUT2D eigenvalue weighted by molar-refractivity contribution is 0.209. The van der Waals surface area contributed by atoms with Crippen LogP contribution in [-0.4, -0.2) is 22.3 Å². The summed E-state index contributed by atoms with van der Waals surface area (Å²) in [4.78, 5) is 16.5. The highest BCUT2D eigenvalue weighted by atomic mass is 16.5. The van der Waals surface area contributed by atoms with E-state index in [4.69, 9.17) is 9.47 Å². The van der Waals surface area contributed by atoms with Gasteiger partial charge in [0.15, 0.2) is 0 Å². The van der Waals surface area contributed by atoms with E-state index < -0.39 is 0 Å². The van der Waals surface area contributed by atoms with E-state index >= 15 is 0 Å². The van der Waals surface area contributed by atoms with Crippen LogP contribution in [0.3, 0.4) is 0 Å². The summed E-state index contributed by atoms with van der Waals surface area (Å²) in [6.45, 7) is 8.97. The molecule has 0 aliphatic heterocycles. The van der Waals surface area contributed by atoms with Crippen LogP contribution >= 0.6 is 0 Å². The van der Waals surface area contributed by atoms with Gasteiger partial charge in [-0.25, -0.2) is 4.98 Å². The van der Waals surface area contributed by atoms with Crippen molar-refractivity contribution >= 4 is 0 Å². The van der Waals surface area contributed by atoms with E-state index in [-0.39, 0.29) is 11.7 Å². The van der Waals surface area contributed by atoms with Crippen molar-refractivity contribution < 1.29 is 9.47 Å². The van der Waals surface area contributed by atoms with Crippen LogP contribution in [0.15, 0.2) is 35.1 Å². The maximum Gasteiger partial charge on any atom is 0.253 e. The number of rotatable bonds is 9. The Bertz CT molecular complexity index is 723. The minimum absolute atomic E-state index is 0.0263. The summed E-state index contributed by atoms with van der Waals surface area (Å²) in [6, 6.07) is 9.18. The minimum atomic E-state index is -0.0263. The molecule has 0 aliphatic carbocycles. The Hall–Kier alpha value is -2.30. The van der Waals surface area contributed by atoms with Crippen molar-refractivity contribution in [2.75, 3.05) is 6.61 Å². The summed E-state index contributed by atoms with van der Waals surface area (Å²) in [7, 11) is 0. The fourth-order valence-corrected chi connectivity index (χ4v) is 2.76. The number of hydrogen-bond acceptors (Lipinski definition) is 4. The lowest BCUT2D eigenvalue weighted by atomic mass is 10.2. The first-order valence-corrected chi connectivity index (χ1v) is 9.00. The van der Waals surface area contributed by atoms with Gasteiger partial charge in [0.25, 0.3) is 5.56 Å². The van der Waals surface area contributed by atoms with Crippen molar-refractivity contribution in [2.24, 2.45) is 0 Å². The number of hydrogen-bond donors (Lipinski definition) is 0. The van der Waals surface area contributed by atoms with Crippen LogP contribution in [0.4, 0.5) is 0 Å². The third-order valence-electron chi connectivity index (χ3n) is 3.97. The number of aryl methyl sites for hydroxylation is 2. The van der Waals surface area contributed by atoms with Gasteiger partial charge in [-0.2, -0.15) is 0 Å². The van der Waals surface area contributed by atoms with Crippen LogP contribution < -0.4 is 15.0 Å². The lowest BCUT2D eigenvalue weighted by Crippen LogP contribution is -2.27. The second-order valence-corrected chi connectivity index (χ2v) is 6.19. The topological polar surface area (TPSA) is 53.4 Å². The van der Waals surface area contributed by atoms with Gasteiger partial charge in [0.1, 0.15) is 23.9 Å². The van der Waals surface area contributed by atoms with E-state index in [1.807, 2.05) is 38.1 Å². The minimum Gasteiger partial charge on any atom is -0.492 e. The van der Waals surface area contributed by atoms with Crippen LogP contribution in [0, 0.1) is 6.92 Å². The van der Waals surface area contributed by atoms with E-state index in [0.717, 1.165) is 42.3 Å². The molecular weight excluding hydrogens is 316 g/mol. The number of aromatic nitrogens is 2. The van der Waals surface area contributed by atoms with E-state index in [1.165, 1.54) is 0 Å². The largest absolute Gasteiger partial charge is 0.492 e. The first-order valence-electron chi connectivity index (χ1n) is 9.00. The molecule has 0 saturated carbocycles. The quantitative estimate of drug-likeness (QED) is 0.695. The Morgan fingerprint density at radius 2 is 1.84 bits per heavy atom. The second-order valence-electron chi connectivity index (χ2n) is 6.19. The van der Waals surface area contributed by atoms with Crippen LogP contribution in [0.1, 0.15) is 45.1 Å². The van der Waals surface area contributed by atoms with Crippen LogP contribution in [-0.2, 0) is 13.0 Å². The summed E-state index contributed by atoms with van der Waals surface area (Å²) in [5.74, 6) is 2.41. The highest BCUT2D eigenvalue weighted by Crippen LogP contribution is 2.19. The van der Waals surface area contributed by atoms with E-state index in [9.17, 15) is 4.79 Å². The Labute approximate surface area is 149 Å². The standard InChI is InChI=1S/C20H28N2O3/c1-5-7-16(4)25-18-10-8-17(9-11-18)24-13-12-22-19(6-2)21-15(3)14-20(22)23/h8-11,14,16H,5-7,12-13H2,1-4H3. The molecule has 5 heteroatoms. The molecule has 136 valence electrons. The van der Waals surface area contributed by atoms with Crippen molar-refractivity contribution in [3.8, 4) is 11.5 Å². The zero-order chi connectivity index (χ0) is 18.2. The summed E-state index contributed by atoms with van der Waals surface area (Å²) in [5, 5.41) is 0. The van der Waals surface area contributed by atoms with Crippen LogP contribution in [0.25, 0.3) is 0 Å². The molecule has 1 aromatic heterocycles. The molecule has 1 atom stereocenters. The molecule has 0 radical (unpaired) electrons. The van der Waals surface area contributed by atoms with Gasteiger partial charge >= 0.3 is 0 Å². The Balaban J connectivity index is 1.91. The van der Waals surface area contributed by atoms with Crippen molar-refractivity contribution in [1.29, 1.82) is 0 Å². The SMILES string of the molecule is CCCC(C)Oc1ccc(OCCn2c(CC)nc(C)cc2=O)cc1. The predicted molar refractivity (Wildman–Crippen MR) is 99.5 cm³/mol. The molecule has 2 aromatic rings. The Kier molecular flexibility index (Phi) is 7.04. The van der Waals surface area contributed by atoms with Gasteiger partial charge in [-0.3, -0.25) is 9.36 Å². The monoisotopic (exact) mass is 344 g/mol. The summed E-state index contributed by atoms with van der Waals surface area (Å²) < 4.78 is 13.3. The first-order chi connectivity index (χ1) is 12.0. The molecule has 0 aliphatic rings. The van der Waals surface area contributed by atoms with Gasteiger partial charge < -0.3 is 9.47 Å². The fraction of sp³-hybridized carbons (Fsp3) is 0.500. The van der Waals surface area contributed by atoms with Gasteiger partial charge in [-0.05, 0) is 44.5 Å². The summed E-state index contributed by atoms with van der Waals surface area (Å²) in [5.41, 5.74) is 0.730. The van der Waals surface area contributed by atoms with Crippen molar-refractivity contribution in [2.45, 2.75) is 59.6 Å².